The van der Waals surface area contributed by atoms with Gasteiger partial charge in [-0.2, -0.15) is 0 Å². The number of carboxylic acids is 1. The fraction of sp³-hybridized carbons (Fsp3) is 0.120. The van der Waals surface area contributed by atoms with Gasteiger partial charge in [0.05, 0.1) is 32.2 Å². The molecule has 168 valence electrons. The quantitative estimate of drug-likeness (QED) is 0.275. The molecule has 2 aromatic carbocycles. The van der Waals surface area contributed by atoms with E-state index in [1.165, 1.54) is 23.7 Å². The number of aliphatic carboxylic acids is 1. The number of benzene rings is 2. The maximum Gasteiger partial charge on any atom is 1.00 e. The maximum atomic E-state index is 12.0. The van der Waals surface area contributed by atoms with Crippen molar-refractivity contribution in [3.05, 3.63) is 71.4 Å². The maximum absolute atomic E-state index is 12.0. The summed E-state index contributed by atoms with van der Waals surface area (Å²) in [5, 5.41) is 12.7. The topological polar surface area (TPSA) is 89.9 Å². The van der Waals surface area contributed by atoms with Gasteiger partial charge in [0.15, 0.2) is 28.7 Å². The van der Waals surface area contributed by atoms with Crippen molar-refractivity contribution < 1.29 is 58.4 Å². The second-order valence-electron chi connectivity index (χ2n) is 6.83. The van der Waals surface area contributed by atoms with Gasteiger partial charge in [-0.15, -0.1) is 11.3 Å². The Kier molecular flexibility index (Phi) is 8.57. The molecule has 0 bridgehead atoms. The molecule has 0 saturated carbocycles. The van der Waals surface area contributed by atoms with Gasteiger partial charge in [-0.05, 0) is 42.0 Å². The van der Waals surface area contributed by atoms with E-state index in [2.05, 4.69) is 4.98 Å². The SMILES string of the molecule is COc1cc2sc(/C=C(/C(=O)[O-])c3ccncc3)c(Oc3ccccc3OC)c2cc1OC.[Na+]. The summed E-state index contributed by atoms with van der Waals surface area (Å²) in [6.07, 6.45) is 4.59. The number of para-hydroxylation sites is 2. The minimum atomic E-state index is -1.31. The zero-order chi connectivity index (χ0) is 23.4. The van der Waals surface area contributed by atoms with Crippen LogP contribution in [0.3, 0.4) is 0 Å². The minimum absolute atomic E-state index is 0. The van der Waals surface area contributed by atoms with Gasteiger partial charge < -0.3 is 28.8 Å². The summed E-state index contributed by atoms with van der Waals surface area (Å²) < 4.78 is 23.4. The molecule has 0 unspecified atom stereocenters. The first-order chi connectivity index (χ1) is 16.0. The Bertz CT molecular complexity index is 1340. The van der Waals surface area contributed by atoms with Crippen LogP contribution in [-0.4, -0.2) is 32.3 Å². The van der Waals surface area contributed by atoms with E-state index in [9.17, 15) is 9.90 Å². The zero-order valence-corrected chi connectivity index (χ0v) is 22.0. The van der Waals surface area contributed by atoms with Crippen molar-refractivity contribution in [2.75, 3.05) is 21.3 Å². The van der Waals surface area contributed by atoms with Crippen molar-refractivity contribution in [2.24, 2.45) is 0 Å². The fourth-order valence-electron chi connectivity index (χ4n) is 3.36. The van der Waals surface area contributed by atoms with Crippen molar-refractivity contribution in [3.8, 4) is 28.7 Å². The molecule has 4 aromatic rings. The molecule has 0 fully saturated rings. The summed E-state index contributed by atoms with van der Waals surface area (Å²) in [5.74, 6) is 1.27. The largest absolute Gasteiger partial charge is 1.00 e. The average Bonchev–Trinajstić information content (AvgIpc) is 3.18. The third kappa shape index (κ3) is 5.20. The van der Waals surface area contributed by atoms with E-state index >= 15 is 0 Å². The van der Waals surface area contributed by atoms with Gasteiger partial charge in [-0.3, -0.25) is 4.98 Å². The van der Waals surface area contributed by atoms with Gasteiger partial charge in [-0.25, -0.2) is 0 Å². The van der Waals surface area contributed by atoms with E-state index < -0.39 is 5.97 Å². The zero-order valence-electron chi connectivity index (χ0n) is 19.2. The molecule has 4 rings (SSSR count). The van der Waals surface area contributed by atoms with Crippen molar-refractivity contribution in [1.82, 2.24) is 4.98 Å². The number of methoxy groups -OCH3 is 3. The molecule has 0 spiro atoms. The van der Waals surface area contributed by atoms with Crippen LogP contribution in [0.5, 0.6) is 28.7 Å². The summed E-state index contributed by atoms with van der Waals surface area (Å²) in [5.41, 5.74) is 0.480. The number of hydrogen-bond donors (Lipinski definition) is 0. The number of carbonyl (C=O) groups is 1. The molecular formula is C25H20NNaO6S. The van der Waals surface area contributed by atoms with E-state index in [4.69, 9.17) is 18.9 Å². The van der Waals surface area contributed by atoms with E-state index in [0.29, 0.717) is 39.2 Å². The van der Waals surface area contributed by atoms with Crippen molar-refractivity contribution in [1.29, 1.82) is 0 Å². The Balaban J connectivity index is 0.00000324. The van der Waals surface area contributed by atoms with Crippen LogP contribution in [0.2, 0.25) is 0 Å². The number of hydrogen-bond acceptors (Lipinski definition) is 8. The van der Waals surface area contributed by atoms with Gasteiger partial charge in [0.25, 0.3) is 0 Å². The summed E-state index contributed by atoms with van der Waals surface area (Å²) in [6, 6.07) is 14.1. The van der Waals surface area contributed by atoms with Gasteiger partial charge in [-0.1, -0.05) is 12.1 Å². The van der Waals surface area contributed by atoms with E-state index in [1.54, 1.807) is 57.7 Å². The van der Waals surface area contributed by atoms with Crippen LogP contribution in [0.25, 0.3) is 21.7 Å². The molecule has 0 amide bonds. The number of rotatable bonds is 8. The molecule has 0 aliphatic rings. The van der Waals surface area contributed by atoms with Gasteiger partial charge in [0.2, 0.25) is 0 Å². The Morgan fingerprint density at radius 3 is 2.15 bits per heavy atom. The first kappa shape index (κ1) is 25.6. The molecule has 0 N–H and O–H groups in total. The molecule has 0 radical (unpaired) electrons. The number of fused-ring (bicyclic) bond motifs is 1. The van der Waals surface area contributed by atoms with Crippen molar-refractivity contribution in [3.63, 3.8) is 0 Å². The van der Waals surface area contributed by atoms with Gasteiger partial charge in [0.1, 0.15) is 0 Å². The second kappa shape index (κ2) is 11.4. The molecule has 0 aliphatic carbocycles. The monoisotopic (exact) mass is 485 g/mol. The Labute approximate surface area is 222 Å². The number of carbonyl (C=O) groups excluding carboxylic acids is 1. The van der Waals surface area contributed by atoms with Crippen LogP contribution in [0.15, 0.2) is 60.9 Å². The van der Waals surface area contributed by atoms with Crippen LogP contribution < -0.4 is 53.6 Å². The number of pyridine rings is 1. The Morgan fingerprint density at radius 1 is 0.912 bits per heavy atom. The molecule has 2 aromatic heterocycles. The predicted octanol–water partition coefficient (Wildman–Crippen LogP) is 1.41. The predicted molar refractivity (Wildman–Crippen MR) is 125 cm³/mol. The average molecular weight is 485 g/mol. The fourth-order valence-corrected chi connectivity index (χ4v) is 4.44. The molecular weight excluding hydrogens is 465 g/mol. The third-order valence-corrected chi connectivity index (χ3v) is 6.02. The summed E-state index contributed by atoms with van der Waals surface area (Å²) >= 11 is 1.36. The van der Waals surface area contributed by atoms with Crippen LogP contribution in [0, 0.1) is 0 Å². The molecule has 34 heavy (non-hydrogen) atoms. The summed E-state index contributed by atoms with van der Waals surface area (Å²) in [6.45, 7) is 0. The van der Waals surface area contributed by atoms with E-state index in [1.807, 2.05) is 18.2 Å². The van der Waals surface area contributed by atoms with Crippen LogP contribution in [0.4, 0.5) is 0 Å². The van der Waals surface area contributed by atoms with Gasteiger partial charge >= 0.3 is 29.6 Å². The van der Waals surface area contributed by atoms with Crippen LogP contribution in [-0.2, 0) is 4.79 Å². The molecule has 9 heteroatoms. The number of ether oxygens (including phenoxy) is 4. The molecule has 0 saturated heterocycles. The van der Waals surface area contributed by atoms with E-state index in [0.717, 1.165) is 10.1 Å². The first-order valence-electron chi connectivity index (χ1n) is 9.88. The Morgan fingerprint density at radius 2 is 1.53 bits per heavy atom. The molecule has 7 nitrogen and oxygen atoms in total. The van der Waals surface area contributed by atoms with Gasteiger partial charge in [0, 0.05) is 34.1 Å². The number of aromatic nitrogens is 1. The standard InChI is InChI=1S/C25H21NO6S.Na/c1-29-18-6-4-5-7-19(18)32-24-17-12-20(30-2)21(31-3)14-22(17)33-23(24)13-16(25(27)28)15-8-10-26-11-9-15;/h4-14H,1-3H3,(H,27,28);/q;+1/p-1/b16-13+;. The third-order valence-electron chi connectivity index (χ3n) is 4.94. The molecule has 2 heterocycles. The van der Waals surface area contributed by atoms with Crippen molar-refractivity contribution >= 4 is 39.0 Å². The number of carboxylic acid groups (broad SMARTS) is 1. The number of nitrogens with zero attached hydrogens (tertiary/aromatic N) is 1. The second-order valence-corrected chi connectivity index (χ2v) is 7.92. The van der Waals surface area contributed by atoms with Crippen molar-refractivity contribution in [2.45, 2.75) is 0 Å². The number of thiophene rings is 1. The minimum Gasteiger partial charge on any atom is -0.545 e. The molecule has 0 atom stereocenters. The normalized spacial score (nSPS) is 11.0. The molecule has 0 aliphatic heterocycles. The summed E-state index contributed by atoms with van der Waals surface area (Å²) in [7, 11) is 4.66. The first-order valence-corrected chi connectivity index (χ1v) is 10.7. The van der Waals surface area contributed by atoms with Crippen LogP contribution in [0.1, 0.15) is 10.4 Å². The summed E-state index contributed by atoms with van der Waals surface area (Å²) in [4.78, 5) is 16.5. The Hall–Kier alpha value is -3.04. The van der Waals surface area contributed by atoms with Crippen LogP contribution >= 0.6 is 11.3 Å². The smallest absolute Gasteiger partial charge is 0.545 e. The van der Waals surface area contributed by atoms with E-state index in [-0.39, 0.29) is 35.1 Å².